The molecule has 3 aromatic rings. The Balaban J connectivity index is 2.36. The highest BCUT2D eigenvalue weighted by Crippen LogP contribution is 2.46. The Bertz CT molecular complexity index is 1060. The van der Waals surface area contributed by atoms with Crippen molar-refractivity contribution in [1.82, 2.24) is 0 Å². The van der Waals surface area contributed by atoms with Crippen molar-refractivity contribution in [3.8, 4) is 11.5 Å². The third-order valence-electron chi connectivity index (χ3n) is 3.84. The summed E-state index contributed by atoms with van der Waals surface area (Å²) in [5.41, 5.74) is 0. The topological polar surface area (TPSA) is 71.1 Å². The number of hydrogen-bond donors (Lipinski definition) is 0. The number of ether oxygens (including phenoxy) is 4. The minimum Gasteiger partial charge on any atom is -0.434 e. The van der Waals surface area contributed by atoms with Gasteiger partial charge in [-0.1, -0.05) is 47.5 Å². The predicted molar refractivity (Wildman–Crippen MR) is 107 cm³/mol. The van der Waals surface area contributed by atoms with Gasteiger partial charge in [-0.25, -0.2) is 9.59 Å². The highest BCUT2D eigenvalue weighted by atomic mass is 35.5. The number of hydrogen-bond acceptors (Lipinski definition) is 6. The van der Waals surface area contributed by atoms with Crippen LogP contribution in [0, 0.1) is 0 Å². The monoisotopic (exact) mass is 422 g/mol. The smallest absolute Gasteiger partial charge is 0.434 e. The van der Waals surface area contributed by atoms with Crippen molar-refractivity contribution in [2.75, 3.05) is 13.2 Å². The van der Waals surface area contributed by atoms with Crippen LogP contribution in [-0.4, -0.2) is 25.5 Å². The number of halogens is 2. The van der Waals surface area contributed by atoms with Gasteiger partial charge in [0.1, 0.15) is 0 Å². The van der Waals surface area contributed by atoms with Crippen LogP contribution in [0.1, 0.15) is 13.8 Å². The van der Waals surface area contributed by atoms with Crippen molar-refractivity contribution in [2.45, 2.75) is 13.8 Å². The van der Waals surface area contributed by atoms with E-state index in [0.29, 0.717) is 26.6 Å². The van der Waals surface area contributed by atoms with E-state index in [4.69, 9.17) is 42.1 Å². The lowest BCUT2D eigenvalue weighted by atomic mass is 10.0. The van der Waals surface area contributed by atoms with Crippen LogP contribution < -0.4 is 9.47 Å². The van der Waals surface area contributed by atoms with E-state index in [2.05, 4.69) is 0 Å². The summed E-state index contributed by atoms with van der Waals surface area (Å²) < 4.78 is 20.7. The third-order valence-corrected chi connectivity index (χ3v) is 4.35. The van der Waals surface area contributed by atoms with Gasteiger partial charge in [0.05, 0.1) is 18.2 Å². The van der Waals surface area contributed by atoms with Crippen LogP contribution in [0.15, 0.2) is 36.4 Å². The molecule has 0 spiro atoms. The molecule has 0 N–H and O–H groups in total. The van der Waals surface area contributed by atoms with Gasteiger partial charge in [0.15, 0.2) is 11.5 Å². The molecule has 0 aliphatic rings. The van der Waals surface area contributed by atoms with Crippen LogP contribution in [0.4, 0.5) is 9.59 Å². The average Bonchev–Trinajstić information content (AvgIpc) is 2.64. The van der Waals surface area contributed by atoms with Crippen molar-refractivity contribution >= 4 is 57.1 Å². The van der Waals surface area contributed by atoms with Crippen molar-refractivity contribution in [3.05, 3.63) is 46.4 Å². The molecule has 146 valence electrons. The number of rotatable bonds is 4. The summed E-state index contributed by atoms with van der Waals surface area (Å²) in [5, 5.41) is 2.32. The van der Waals surface area contributed by atoms with Crippen LogP contribution in [0.3, 0.4) is 0 Å². The van der Waals surface area contributed by atoms with Crippen molar-refractivity contribution in [3.63, 3.8) is 0 Å². The first kappa shape index (κ1) is 20.0. The van der Waals surface area contributed by atoms with Gasteiger partial charge in [0, 0.05) is 26.6 Å². The minimum atomic E-state index is -0.876. The van der Waals surface area contributed by atoms with E-state index in [1.54, 1.807) is 44.2 Å². The second-order valence-corrected chi connectivity index (χ2v) is 6.43. The molecule has 0 radical (unpaired) electrons. The van der Waals surface area contributed by atoms with Gasteiger partial charge in [0.2, 0.25) is 0 Å². The molecule has 3 aromatic carbocycles. The van der Waals surface area contributed by atoms with Gasteiger partial charge in [-0.2, -0.15) is 0 Å². The van der Waals surface area contributed by atoms with E-state index in [1.807, 2.05) is 0 Å². The van der Waals surface area contributed by atoms with Gasteiger partial charge >= 0.3 is 12.3 Å². The highest BCUT2D eigenvalue weighted by Gasteiger charge is 2.23. The first-order valence-electron chi connectivity index (χ1n) is 8.48. The first-order valence-corrected chi connectivity index (χ1v) is 9.24. The lowest BCUT2D eigenvalue weighted by Crippen LogP contribution is -2.12. The molecule has 0 fully saturated rings. The molecule has 0 saturated heterocycles. The van der Waals surface area contributed by atoms with E-state index >= 15 is 0 Å². The molecule has 0 saturated carbocycles. The Hall–Kier alpha value is -2.70. The quantitative estimate of drug-likeness (QED) is 0.276. The summed E-state index contributed by atoms with van der Waals surface area (Å²) in [7, 11) is 0. The van der Waals surface area contributed by atoms with Gasteiger partial charge in [-0.3, -0.25) is 0 Å². The highest BCUT2D eigenvalue weighted by molar-refractivity contribution is 6.40. The van der Waals surface area contributed by atoms with E-state index in [0.717, 1.165) is 0 Å². The maximum absolute atomic E-state index is 12.0. The minimum absolute atomic E-state index is 0.151. The van der Waals surface area contributed by atoms with E-state index in [-0.39, 0.29) is 29.7 Å². The number of benzene rings is 3. The van der Waals surface area contributed by atoms with Gasteiger partial charge in [-0.15, -0.1) is 0 Å². The number of carbonyl (C=O) groups is 2. The molecule has 0 atom stereocenters. The fraction of sp³-hybridized carbons (Fsp3) is 0.200. The molecule has 0 amide bonds. The zero-order chi connectivity index (χ0) is 20.3. The Morgan fingerprint density at radius 2 is 1.36 bits per heavy atom. The van der Waals surface area contributed by atoms with E-state index in [9.17, 15) is 9.59 Å². The molecule has 0 aromatic heterocycles. The molecule has 3 rings (SSSR count). The van der Waals surface area contributed by atoms with Crippen LogP contribution in [0.25, 0.3) is 21.5 Å². The second-order valence-electron chi connectivity index (χ2n) is 5.58. The zero-order valence-electron chi connectivity index (χ0n) is 15.1. The number of carbonyl (C=O) groups excluding carboxylic acids is 2. The molecule has 8 heteroatoms. The van der Waals surface area contributed by atoms with Crippen molar-refractivity contribution in [1.29, 1.82) is 0 Å². The maximum atomic E-state index is 12.0. The zero-order valence-corrected chi connectivity index (χ0v) is 16.6. The Labute approximate surface area is 170 Å². The van der Waals surface area contributed by atoms with Crippen molar-refractivity contribution < 1.29 is 28.5 Å². The van der Waals surface area contributed by atoms with Gasteiger partial charge in [0.25, 0.3) is 0 Å². The lowest BCUT2D eigenvalue weighted by Gasteiger charge is -2.17. The predicted octanol–water partition coefficient (Wildman–Crippen LogP) is 6.37. The molecule has 6 nitrogen and oxygen atoms in total. The summed E-state index contributed by atoms with van der Waals surface area (Å²) in [6, 6.07) is 10.0. The Kier molecular flexibility index (Phi) is 6.11. The van der Waals surface area contributed by atoms with E-state index < -0.39 is 12.3 Å². The molecular weight excluding hydrogens is 407 g/mol. The van der Waals surface area contributed by atoms with E-state index in [1.165, 1.54) is 6.07 Å². The summed E-state index contributed by atoms with van der Waals surface area (Å²) in [4.78, 5) is 24.0. The van der Waals surface area contributed by atoms with Crippen LogP contribution in [0.2, 0.25) is 10.0 Å². The van der Waals surface area contributed by atoms with Gasteiger partial charge in [-0.05, 0) is 26.0 Å². The first-order chi connectivity index (χ1) is 13.5. The standard InChI is InChI=1S/C20H16Cl2O6/c1-3-25-19(23)27-17-12-7-5-6-8-13(12)18(28-20(24)26-4-2)16-14(17)9-11(21)10-15(16)22/h5-10H,3-4H2,1-2H3. The number of fused-ring (bicyclic) bond motifs is 2. The molecular formula is C20H16Cl2O6. The second kappa shape index (κ2) is 8.54. The largest absolute Gasteiger partial charge is 0.513 e. The normalized spacial score (nSPS) is 10.7. The summed E-state index contributed by atoms with van der Waals surface area (Å²) in [6.45, 7) is 3.64. The molecule has 0 aliphatic heterocycles. The third kappa shape index (κ3) is 3.93. The summed E-state index contributed by atoms with van der Waals surface area (Å²) in [5.74, 6) is 0.381. The fourth-order valence-corrected chi connectivity index (χ4v) is 3.40. The van der Waals surface area contributed by atoms with Crippen LogP contribution >= 0.6 is 23.2 Å². The molecule has 0 aliphatic carbocycles. The lowest BCUT2D eigenvalue weighted by molar-refractivity contribution is 0.103. The molecule has 28 heavy (non-hydrogen) atoms. The molecule has 0 unspecified atom stereocenters. The Morgan fingerprint density at radius 1 is 0.821 bits per heavy atom. The average molecular weight is 423 g/mol. The molecule has 0 bridgehead atoms. The van der Waals surface area contributed by atoms with Crippen molar-refractivity contribution in [2.24, 2.45) is 0 Å². The van der Waals surface area contributed by atoms with Crippen LogP contribution in [-0.2, 0) is 9.47 Å². The van der Waals surface area contributed by atoms with Crippen LogP contribution in [0.5, 0.6) is 11.5 Å². The summed E-state index contributed by atoms with van der Waals surface area (Å²) >= 11 is 12.6. The fourth-order valence-electron chi connectivity index (χ4n) is 2.82. The van der Waals surface area contributed by atoms with Gasteiger partial charge < -0.3 is 18.9 Å². The maximum Gasteiger partial charge on any atom is 0.513 e. The summed E-state index contributed by atoms with van der Waals surface area (Å²) in [6.07, 6.45) is -1.75. The SMILES string of the molecule is CCOC(=O)Oc1c2ccccc2c(OC(=O)OCC)c2c(Cl)cc(Cl)cc12. The molecule has 0 heterocycles. The Morgan fingerprint density at radius 3 is 1.93 bits per heavy atom.